The van der Waals surface area contributed by atoms with E-state index in [1.807, 2.05) is 18.2 Å². The number of benzene rings is 1. The van der Waals surface area contributed by atoms with Crippen LogP contribution in [0.2, 0.25) is 0 Å². The quantitative estimate of drug-likeness (QED) is 0.750. The molecule has 2 rings (SSSR count). The van der Waals surface area contributed by atoms with Crippen LogP contribution in [0.1, 0.15) is 31.6 Å². The van der Waals surface area contributed by atoms with E-state index in [2.05, 4.69) is 37.1 Å². The summed E-state index contributed by atoms with van der Waals surface area (Å²) in [5.41, 5.74) is 0.935. The van der Waals surface area contributed by atoms with Crippen molar-refractivity contribution >= 4 is 11.0 Å². The maximum absolute atomic E-state index is 8.54. The average molecular weight is 242 g/mol. The van der Waals surface area contributed by atoms with Gasteiger partial charge in [0.2, 0.25) is 0 Å². The van der Waals surface area contributed by atoms with Crippen LogP contribution in [-0.2, 0) is 0 Å². The molecular weight excluding hydrogens is 224 g/mol. The highest BCUT2D eigenvalue weighted by molar-refractivity contribution is 5.77. The van der Waals surface area contributed by atoms with Crippen molar-refractivity contribution in [2.24, 2.45) is 0 Å². The van der Waals surface area contributed by atoms with Gasteiger partial charge in [0, 0.05) is 11.8 Å². The fraction of sp³-hybridized carbons (Fsp3) is 0.400. The lowest BCUT2D eigenvalue weighted by Crippen LogP contribution is -2.23. The van der Waals surface area contributed by atoms with Crippen LogP contribution in [0.4, 0.5) is 0 Å². The van der Waals surface area contributed by atoms with Gasteiger partial charge in [-0.2, -0.15) is 5.26 Å². The smallest absolute Gasteiger partial charge is 0.134 e. The van der Waals surface area contributed by atoms with Crippen molar-refractivity contribution in [2.75, 3.05) is 13.6 Å². The fourth-order valence-corrected chi connectivity index (χ4v) is 2.03. The first kappa shape index (κ1) is 12.7. The van der Waals surface area contributed by atoms with Crippen LogP contribution < -0.4 is 0 Å². The molecule has 1 atom stereocenters. The number of hydrogen-bond donors (Lipinski definition) is 0. The normalized spacial score (nSPS) is 12.8. The summed E-state index contributed by atoms with van der Waals surface area (Å²) in [6, 6.07) is 12.6. The largest absolute Gasteiger partial charge is 0.459 e. The van der Waals surface area contributed by atoms with Gasteiger partial charge < -0.3 is 4.42 Å². The number of unbranched alkanes of at least 4 members (excludes halogenated alkanes) is 1. The van der Waals surface area contributed by atoms with Crippen molar-refractivity contribution in [1.82, 2.24) is 4.90 Å². The Morgan fingerprint density at radius 2 is 2.17 bits per heavy atom. The van der Waals surface area contributed by atoms with E-state index in [1.165, 1.54) is 0 Å². The Morgan fingerprint density at radius 1 is 1.39 bits per heavy atom. The summed E-state index contributed by atoms with van der Waals surface area (Å²) < 4.78 is 5.85. The predicted molar refractivity (Wildman–Crippen MR) is 72.1 cm³/mol. The van der Waals surface area contributed by atoms with Gasteiger partial charge in [0.25, 0.3) is 0 Å². The van der Waals surface area contributed by atoms with E-state index in [9.17, 15) is 0 Å². The molecular formula is C15H18N2O. The number of para-hydroxylation sites is 1. The van der Waals surface area contributed by atoms with Gasteiger partial charge in [-0.15, -0.1) is 0 Å². The summed E-state index contributed by atoms with van der Waals surface area (Å²) in [7, 11) is 2.06. The standard InChI is InChI=1S/C15H18N2O/c1-12(17(2)10-6-5-9-16)15-11-13-7-3-4-8-14(13)18-15/h3-4,7-8,11-12H,5-6,10H2,1-2H3. The van der Waals surface area contributed by atoms with Crippen molar-refractivity contribution < 1.29 is 4.42 Å². The van der Waals surface area contributed by atoms with E-state index in [0.717, 1.165) is 29.7 Å². The number of rotatable bonds is 5. The Kier molecular flexibility index (Phi) is 4.01. The Balaban J connectivity index is 2.08. The second-order valence-electron chi connectivity index (χ2n) is 4.60. The number of furan rings is 1. The summed E-state index contributed by atoms with van der Waals surface area (Å²) in [5.74, 6) is 0.982. The summed E-state index contributed by atoms with van der Waals surface area (Å²) in [5, 5.41) is 9.69. The summed E-state index contributed by atoms with van der Waals surface area (Å²) >= 11 is 0. The van der Waals surface area contributed by atoms with Crippen LogP contribution in [0.15, 0.2) is 34.7 Å². The summed E-state index contributed by atoms with van der Waals surface area (Å²) in [6.07, 6.45) is 1.51. The molecule has 3 nitrogen and oxygen atoms in total. The molecule has 0 aliphatic heterocycles. The molecule has 1 heterocycles. The zero-order valence-corrected chi connectivity index (χ0v) is 10.9. The number of nitriles is 1. The minimum atomic E-state index is 0.232. The molecule has 0 amide bonds. The predicted octanol–water partition coefficient (Wildman–Crippen LogP) is 3.73. The molecule has 1 unspecified atom stereocenters. The molecule has 0 saturated carbocycles. The van der Waals surface area contributed by atoms with E-state index in [0.29, 0.717) is 6.42 Å². The zero-order valence-electron chi connectivity index (χ0n) is 10.9. The van der Waals surface area contributed by atoms with E-state index in [1.54, 1.807) is 0 Å². The molecule has 1 aromatic carbocycles. The third kappa shape index (κ3) is 2.72. The molecule has 0 fully saturated rings. The van der Waals surface area contributed by atoms with E-state index in [4.69, 9.17) is 9.68 Å². The fourth-order valence-electron chi connectivity index (χ4n) is 2.03. The molecule has 0 aliphatic rings. The Bertz CT molecular complexity index is 520. The van der Waals surface area contributed by atoms with Crippen molar-refractivity contribution in [2.45, 2.75) is 25.8 Å². The lowest BCUT2D eigenvalue weighted by atomic mass is 10.2. The third-order valence-corrected chi connectivity index (χ3v) is 3.32. The third-order valence-electron chi connectivity index (χ3n) is 3.32. The average Bonchev–Trinajstić information content (AvgIpc) is 2.81. The first-order valence-electron chi connectivity index (χ1n) is 6.28. The highest BCUT2D eigenvalue weighted by Crippen LogP contribution is 2.26. The van der Waals surface area contributed by atoms with Gasteiger partial charge in [-0.1, -0.05) is 18.2 Å². The van der Waals surface area contributed by atoms with E-state index < -0.39 is 0 Å². The maximum Gasteiger partial charge on any atom is 0.134 e. The van der Waals surface area contributed by atoms with Gasteiger partial charge >= 0.3 is 0 Å². The SMILES string of the molecule is CC(c1cc2ccccc2o1)N(C)CCCC#N. The van der Waals surface area contributed by atoms with Crippen molar-refractivity contribution in [1.29, 1.82) is 5.26 Å². The zero-order chi connectivity index (χ0) is 13.0. The molecule has 0 spiro atoms. The second-order valence-corrected chi connectivity index (χ2v) is 4.60. The molecule has 0 aliphatic carbocycles. The minimum absolute atomic E-state index is 0.232. The highest BCUT2D eigenvalue weighted by atomic mass is 16.3. The molecule has 0 N–H and O–H groups in total. The highest BCUT2D eigenvalue weighted by Gasteiger charge is 2.15. The van der Waals surface area contributed by atoms with Gasteiger partial charge in [0.1, 0.15) is 11.3 Å². The molecule has 1 aromatic heterocycles. The van der Waals surface area contributed by atoms with Gasteiger partial charge in [-0.05, 0) is 39.1 Å². The van der Waals surface area contributed by atoms with Crippen LogP contribution in [0.25, 0.3) is 11.0 Å². The van der Waals surface area contributed by atoms with Crippen LogP contribution in [0.5, 0.6) is 0 Å². The van der Waals surface area contributed by atoms with Crippen LogP contribution >= 0.6 is 0 Å². The topological polar surface area (TPSA) is 40.2 Å². The summed E-state index contributed by atoms with van der Waals surface area (Å²) in [4.78, 5) is 2.22. The van der Waals surface area contributed by atoms with Crippen molar-refractivity contribution in [3.05, 3.63) is 36.1 Å². The van der Waals surface area contributed by atoms with Crippen molar-refractivity contribution in [3.8, 4) is 6.07 Å². The lowest BCUT2D eigenvalue weighted by Gasteiger charge is -2.22. The first-order chi connectivity index (χ1) is 8.72. The lowest BCUT2D eigenvalue weighted by molar-refractivity contribution is 0.232. The molecule has 0 radical (unpaired) electrons. The second kappa shape index (κ2) is 5.70. The van der Waals surface area contributed by atoms with E-state index >= 15 is 0 Å². The number of hydrogen-bond acceptors (Lipinski definition) is 3. The van der Waals surface area contributed by atoms with E-state index in [-0.39, 0.29) is 6.04 Å². The molecule has 94 valence electrons. The summed E-state index contributed by atoms with van der Waals surface area (Å²) in [6.45, 7) is 3.04. The van der Waals surface area contributed by atoms with Crippen molar-refractivity contribution in [3.63, 3.8) is 0 Å². The molecule has 2 aromatic rings. The Hall–Kier alpha value is -1.79. The minimum Gasteiger partial charge on any atom is -0.459 e. The van der Waals surface area contributed by atoms with Gasteiger partial charge in [0.15, 0.2) is 0 Å². The van der Waals surface area contributed by atoms with Crippen LogP contribution in [0.3, 0.4) is 0 Å². The molecule has 3 heteroatoms. The van der Waals surface area contributed by atoms with Gasteiger partial charge in [-0.25, -0.2) is 0 Å². The molecule has 0 bridgehead atoms. The number of fused-ring (bicyclic) bond motifs is 1. The monoisotopic (exact) mass is 242 g/mol. The molecule has 18 heavy (non-hydrogen) atoms. The Labute approximate surface area is 108 Å². The number of nitrogens with zero attached hydrogens (tertiary/aromatic N) is 2. The van der Waals surface area contributed by atoms with Crippen LogP contribution in [0, 0.1) is 11.3 Å². The van der Waals surface area contributed by atoms with Gasteiger partial charge in [-0.3, -0.25) is 4.90 Å². The van der Waals surface area contributed by atoms with Gasteiger partial charge in [0.05, 0.1) is 12.1 Å². The van der Waals surface area contributed by atoms with Crippen LogP contribution in [-0.4, -0.2) is 18.5 Å². The Morgan fingerprint density at radius 3 is 2.89 bits per heavy atom. The maximum atomic E-state index is 8.54. The first-order valence-corrected chi connectivity index (χ1v) is 6.28. The molecule has 0 saturated heterocycles.